The minimum absolute atomic E-state index is 0.622. The summed E-state index contributed by atoms with van der Waals surface area (Å²) in [6.07, 6.45) is 0. The van der Waals surface area contributed by atoms with Crippen molar-refractivity contribution < 1.29 is 4.42 Å². The lowest BCUT2D eigenvalue weighted by Gasteiger charge is -2.27. The maximum absolute atomic E-state index is 6.69. The number of rotatable bonds is 5. The first kappa shape index (κ1) is 28.3. The van der Waals surface area contributed by atoms with Crippen LogP contribution in [0.1, 0.15) is 0 Å². The van der Waals surface area contributed by atoms with Crippen molar-refractivity contribution >= 4 is 71.3 Å². The van der Waals surface area contributed by atoms with Crippen LogP contribution in [0, 0.1) is 0 Å². The molecule has 0 aliphatic rings. The number of oxazole rings is 1. The summed E-state index contributed by atoms with van der Waals surface area (Å²) < 4.78 is 6.69. The number of hydrogen-bond acceptors (Lipinski definition) is 3. The van der Waals surface area contributed by atoms with Crippen LogP contribution in [0.2, 0.25) is 0 Å². The Hall–Kier alpha value is -6.71. The van der Waals surface area contributed by atoms with Gasteiger partial charge in [0.15, 0.2) is 5.58 Å². The van der Waals surface area contributed by atoms with Crippen LogP contribution < -0.4 is 4.90 Å². The van der Waals surface area contributed by atoms with Gasteiger partial charge in [-0.15, -0.1) is 0 Å². The maximum atomic E-state index is 6.69. The van der Waals surface area contributed by atoms with Crippen molar-refractivity contribution in [3.05, 3.63) is 182 Å². The highest BCUT2D eigenvalue weighted by molar-refractivity contribution is 6.23. The first-order valence-electron chi connectivity index (χ1n) is 17.0. The van der Waals surface area contributed by atoms with Crippen molar-refractivity contribution in [2.45, 2.75) is 0 Å². The van der Waals surface area contributed by atoms with E-state index in [1.54, 1.807) is 0 Å². The molecule has 0 unspecified atom stereocenters. The average Bonchev–Trinajstić information content (AvgIpc) is 3.63. The van der Waals surface area contributed by atoms with Gasteiger partial charge < -0.3 is 9.32 Å². The third kappa shape index (κ3) is 4.56. The van der Waals surface area contributed by atoms with E-state index in [0.29, 0.717) is 5.89 Å². The predicted molar refractivity (Wildman–Crippen MR) is 210 cm³/mol. The van der Waals surface area contributed by atoms with E-state index < -0.39 is 0 Å². The molecule has 0 saturated heterocycles. The molecule has 0 spiro atoms. The lowest BCUT2D eigenvalue weighted by atomic mass is 9.90. The van der Waals surface area contributed by atoms with Crippen LogP contribution >= 0.6 is 0 Å². The van der Waals surface area contributed by atoms with Crippen molar-refractivity contribution in [3.8, 4) is 22.6 Å². The van der Waals surface area contributed by atoms with E-state index in [2.05, 4.69) is 157 Å². The Labute approximate surface area is 289 Å². The number of anilines is 3. The molecule has 3 heteroatoms. The summed E-state index contributed by atoms with van der Waals surface area (Å²) >= 11 is 0. The second-order valence-corrected chi connectivity index (χ2v) is 12.7. The lowest BCUT2D eigenvalue weighted by Crippen LogP contribution is -2.10. The van der Waals surface area contributed by atoms with E-state index in [1.807, 2.05) is 30.3 Å². The van der Waals surface area contributed by atoms with Crippen LogP contribution in [0.3, 0.4) is 0 Å². The Morgan fingerprint density at radius 2 is 1.10 bits per heavy atom. The minimum Gasteiger partial charge on any atom is -0.435 e. The molecule has 10 aromatic rings. The zero-order valence-electron chi connectivity index (χ0n) is 27.1. The summed E-state index contributed by atoms with van der Waals surface area (Å²) in [6, 6.07) is 64.6. The smallest absolute Gasteiger partial charge is 0.227 e. The molecule has 9 aromatic carbocycles. The van der Waals surface area contributed by atoms with Gasteiger partial charge in [-0.05, 0) is 98.0 Å². The van der Waals surface area contributed by atoms with Gasteiger partial charge in [-0.2, -0.15) is 0 Å². The predicted octanol–water partition coefficient (Wildman–Crippen LogP) is 13.2. The molecule has 0 radical (unpaired) electrons. The quantitative estimate of drug-likeness (QED) is 0.176. The molecule has 0 bridgehead atoms. The topological polar surface area (TPSA) is 29.3 Å². The maximum Gasteiger partial charge on any atom is 0.227 e. The van der Waals surface area contributed by atoms with Crippen LogP contribution in [-0.4, -0.2) is 4.98 Å². The number of aromatic nitrogens is 1. The second-order valence-electron chi connectivity index (χ2n) is 12.7. The fourth-order valence-electron chi connectivity index (χ4n) is 7.55. The van der Waals surface area contributed by atoms with Crippen LogP contribution in [0.5, 0.6) is 0 Å². The van der Waals surface area contributed by atoms with Gasteiger partial charge in [0.25, 0.3) is 0 Å². The standard InChI is InChI=1S/C47H30N2O/c1-3-15-33(16-4-1)47-48-43-28-25-34-29-41(39-23-11-17-31-13-7-9-21-37(31)39)40-27-26-36(30-42(40)45(34)46(43)50-47)49(35-19-5-2-6-20-35)44-24-12-18-32-14-8-10-22-38(32)44/h1-30H. The van der Waals surface area contributed by atoms with Crippen molar-refractivity contribution in [3.63, 3.8) is 0 Å². The molecule has 1 aromatic heterocycles. The zero-order chi connectivity index (χ0) is 33.0. The molecule has 0 aliphatic heterocycles. The van der Waals surface area contributed by atoms with E-state index in [1.165, 1.54) is 32.7 Å². The highest BCUT2D eigenvalue weighted by Gasteiger charge is 2.20. The van der Waals surface area contributed by atoms with Gasteiger partial charge in [0.1, 0.15) is 5.52 Å². The Morgan fingerprint density at radius 1 is 0.420 bits per heavy atom. The molecule has 0 saturated carbocycles. The van der Waals surface area contributed by atoms with Crippen molar-refractivity contribution in [1.82, 2.24) is 4.98 Å². The van der Waals surface area contributed by atoms with Crippen LogP contribution in [0.25, 0.3) is 76.8 Å². The van der Waals surface area contributed by atoms with Crippen LogP contribution in [-0.2, 0) is 0 Å². The molecule has 0 N–H and O–H groups in total. The summed E-state index contributed by atoms with van der Waals surface area (Å²) in [5, 5.41) is 9.29. The van der Waals surface area contributed by atoms with Gasteiger partial charge in [-0.1, -0.05) is 127 Å². The van der Waals surface area contributed by atoms with E-state index >= 15 is 0 Å². The molecule has 0 atom stereocenters. The van der Waals surface area contributed by atoms with Gasteiger partial charge in [-0.3, -0.25) is 0 Å². The molecule has 3 nitrogen and oxygen atoms in total. The first-order chi connectivity index (χ1) is 24.8. The largest absolute Gasteiger partial charge is 0.435 e. The highest BCUT2D eigenvalue weighted by Crippen LogP contribution is 2.45. The molecule has 0 aliphatic carbocycles. The van der Waals surface area contributed by atoms with E-state index in [0.717, 1.165) is 55.3 Å². The second kappa shape index (κ2) is 11.5. The number of benzene rings is 9. The number of para-hydroxylation sites is 1. The number of nitrogens with zero attached hydrogens (tertiary/aromatic N) is 2. The van der Waals surface area contributed by atoms with E-state index in [4.69, 9.17) is 9.40 Å². The van der Waals surface area contributed by atoms with Gasteiger partial charge in [0.2, 0.25) is 5.89 Å². The van der Waals surface area contributed by atoms with Crippen LogP contribution in [0.4, 0.5) is 17.1 Å². The molecule has 0 fully saturated rings. The average molecular weight is 639 g/mol. The van der Waals surface area contributed by atoms with Crippen molar-refractivity contribution in [2.24, 2.45) is 0 Å². The number of fused-ring (bicyclic) bond motifs is 7. The molecule has 1 heterocycles. The number of hydrogen-bond donors (Lipinski definition) is 0. The molecule has 0 amide bonds. The fourth-order valence-corrected chi connectivity index (χ4v) is 7.55. The van der Waals surface area contributed by atoms with Gasteiger partial charge in [-0.25, -0.2) is 4.98 Å². The third-order valence-corrected chi connectivity index (χ3v) is 9.83. The Bertz CT molecular complexity index is 2860. The Kier molecular flexibility index (Phi) is 6.49. The Morgan fingerprint density at radius 3 is 1.92 bits per heavy atom. The van der Waals surface area contributed by atoms with E-state index in [9.17, 15) is 0 Å². The normalized spacial score (nSPS) is 11.6. The summed E-state index contributed by atoms with van der Waals surface area (Å²) in [5.41, 5.74) is 8.28. The lowest BCUT2D eigenvalue weighted by molar-refractivity contribution is 0.623. The molecule has 234 valence electrons. The van der Waals surface area contributed by atoms with Crippen molar-refractivity contribution in [1.29, 1.82) is 0 Å². The molecular formula is C47H30N2O. The van der Waals surface area contributed by atoms with Crippen molar-refractivity contribution in [2.75, 3.05) is 4.90 Å². The Balaban J connectivity index is 1.31. The zero-order valence-corrected chi connectivity index (χ0v) is 27.1. The molecular weight excluding hydrogens is 609 g/mol. The SMILES string of the molecule is c1ccc(-c2nc3ccc4cc(-c5cccc6ccccc56)c5ccc(N(c6ccccc6)c6cccc7ccccc67)cc5c4c3o2)cc1. The summed E-state index contributed by atoms with van der Waals surface area (Å²) in [5.74, 6) is 0.622. The van der Waals surface area contributed by atoms with E-state index in [-0.39, 0.29) is 0 Å². The third-order valence-electron chi connectivity index (χ3n) is 9.83. The van der Waals surface area contributed by atoms with Gasteiger partial charge >= 0.3 is 0 Å². The van der Waals surface area contributed by atoms with Crippen LogP contribution in [0.15, 0.2) is 186 Å². The van der Waals surface area contributed by atoms with Gasteiger partial charge in [0, 0.05) is 27.7 Å². The molecule has 10 rings (SSSR count). The monoisotopic (exact) mass is 638 g/mol. The summed E-state index contributed by atoms with van der Waals surface area (Å²) in [6.45, 7) is 0. The summed E-state index contributed by atoms with van der Waals surface area (Å²) in [7, 11) is 0. The van der Waals surface area contributed by atoms with Gasteiger partial charge in [0.05, 0.1) is 5.69 Å². The minimum atomic E-state index is 0.622. The summed E-state index contributed by atoms with van der Waals surface area (Å²) in [4.78, 5) is 7.34. The first-order valence-corrected chi connectivity index (χ1v) is 17.0. The molecule has 50 heavy (non-hydrogen) atoms. The fraction of sp³-hybridized carbons (Fsp3) is 0. The highest BCUT2D eigenvalue weighted by atomic mass is 16.3.